The maximum absolute atomic E-state index is 15.0. The number of benzene rings is 2. The fourth-order valence-corrected chi connectivity index (χ4v) is 6.16. The molecule has 5 rings (SSSR count). The van der Waals surface area contributed by atoms with E-state index in [4.69, 9.17) is 9.73 Å². The zero-order valence-corrected chi connectivity index (χ0v) is 22.0. The van der Waals surface area contributed by atoms with Gasteiger partial charge in [0, 0.05) is 37.0 Å². The van der Waals surface area contributed by atoms with E-state index in [9.17, 15) is 23.1 Å². The molecule has 0 radical (unpaired) electrons. The first-order valence-electron chi connectivity index (χ1n) is 13.0. The summed E-state index contributed by atoms with van der Waals surface area (Å²) in [6.07, 6.45) is -2.91. The molecule has 2 N–H and O–H groups in total. The van der Waals surface area contributed by atoms with Crippen LogP contribution in [0, 0.1) is 23.0 Å². The van der Waals surface area contributed by atoms with Crippen molar-refractivity contribution in [3.8, 4) is 0 Å². The highest BCUT2D eigenvalue weighted by Gasteiger charge is 2.55. The Morgan fingerprint density at radius 3 is 2.61 bits per heavy atom. The van der Waals surface area contributed by atoms with Gasteiger partial charge < -0.3 is 20.1 Å². The summed E-state index contributed by atoms with van der Waals surface area (Å²) in [6, 6.07) is 11.4. The summed E-state index contributed by atoms with van der Waals surface area (Å²) in [5.41, 5.74) is -0.791. The number of piperidine rings is 1. The van der Waals surface area contributed by atoms with Gasteiger partial charge >= 0.3 is 0 Å². The third-order valence-electron chi connectivity index (χ3n) is 7.91. The molecule has 2 aromatic rings. The number of carbonyl (C=O) groups is 1. The van der Waals surface area contributed by atoms with E-state index in [0.717, 1.165) is 23.8 Å². The molecular weight excluding hydrogens is 495 g/mol. The van der Waals surface area contributed by atoms with Crippen molar-refractivity contribution in [2.45, 2.75) is 70.3 Å². The maximum Gasteiger partial charge on any atom is 0.253 e. The number of carbonyl (C=O) groups excluding carboxylic acids is 1. The Morgan fingerprint density at radius 2 is 1.92 bits per heavy atom. The first-order valence-corrected chi connectivity index (χ1v) is 13.0. The molecule has 0 bridgehead atoms. The van der Waals surface area contributed by atoms with Gasteiger partial charge in [0.25, 0.3) is 5.91 Å². The van der Waals surface area contributed by atoms with Crippen LogP contribution in [0.2, 0.25) is 0 Å². The van der Waals surface area contributed by atoms with Crippen LogP contribution in [0.5, 0.6) is 0 Å². The second-order valence-electron chi connectivity index (χ2n) is 11.8. The number of nitrogens with one attached hydrogen (secondary N) is 1. The van der Waals surface area contributed by atoms with Crippen molar-refractivity contribution in [2.75, 3.05) is 13.1 Å². The van der Waals surface area contributed by atoms with Gasteiger partial charge in [-0.2, -0.15) is 0 Å². The Kier molecular flexibility index (Phi) is 6.90. The van der Waals surface area contributed by atoms with Crippen molar-refractivity contribution >= 4 is 11.6 Å². The highest BCUT2D eigenvalue weighted by atomic mass is 19.1. The largest absolute Gasteiger partial charge is 0.382 e. The lowest BCUT2D eigenvalue weighted by atomic mass is 9.77. The molecule has 7 atom stereocenters. The number of ether oxygens (including phenoxy) is 1. The second-order valence-corrected chi connectivity index (χ2v) is 11.8. The second kappa shape index (κ2) is 9.77. The molecule has 0 aliphatic carbocycles. The monoisotopic (exact) mass is 529 g/mol. The van der Waals surface area contributed by atoms with Crippen molar-refractivity contribution in [1.29, 1.82) is 0 Å². The Balaban J connectivity index is 1.61. The van der Waals surface area contributed by atoms with Gasteiger partial charge in [-0.1, -0.05) is 51.1 Å². The number of alkyl halides is 1. The van der Waals surface area contributed by atoms with E-state index >= 15 is 0 Å². The molecule has 38 heavy (non-hydrogen) atoms. The van der Waals surface area contributed by atoms with Crippen molar-refractivity contribution in [3.05, 3.63) is 71.3 Å². The topological polar surface area (TPSA) is 74.2 Å². The predicted molar refractivity (Wildman–Crippen MR) is 137 cm³/mol. The smallest absolute Gasteiger partial charge is 0.253 e. The number of likely N-dealkylation sites (tertiary alicyclic amines) is 1. The van der Waals surface area contributed by atoms with Gasteiger partial charge in [-0.25, -0.2) is 13.2 Å². The van der Waals surface area contributed by atoms with Crippen LogP contribution in [0.25, 0.3) is 0 Å². The number of aliphatic hydroxyl groups is 1. The quantitative estimate of drug-likeness (QED) is 0.619. The highest BCUT2D eigenvalue weighted by Crippen LogP contribution is 2.42. The van der Waals surface area contributed by atoms with E-state index in [1.165, 1.54) is 4.90 Å². The van der Waals surface area contributed by atoms with Crippen LogP contribution in [-0.4, -0.2) is 65.2 Å². The molecule has 3 heterocycles. The number of hydrogen-bond acceptors (Lipinski definition) is 5. The zero-order valence-electron chi connectivity index (χ0n) is 22.0. The lowest BCUT2D eigenvalue weighted by Crippen LogP contribution is -2.65. The molecule has 0 saturated carbocycles. The highest BCUT2D eigenvalue weighted by molar-refractivity contribution is 5.99. The maximum atomic E-state index is 15.0. The van der Waals surface area contributed by atoms with Crippen molar-refractivity contribution in [2.24, 2.45) is 16.3 Å². The summed E-state index contributed by atoms with van der Waals surface area (Å²) in [6.45, 7) is 7.55. The van der Waals surface area contributed by atoms with Crippen LogP contribution in [-0.2, 0) is 21.7 Å². The molecule has 2 aromatic carbocycles. The van der Waals surface area contributed by atoms with Crippen molar-refractivity contribution in [1.82, 2.24) is 10.2 Å². The normalized spacial score (nSPS) is 32.3. The molecule has 3 aliphatic heterocycles. The van der Waals surface area contributed by atoms with Crippen LogP contribution < -0.4 is 5.32 Å². The third kappa shape index (κ3) is 4.76. The summed E-state index contributed by atoms with van der Waals surface area (Å²) in [5, 5.41) is 13.8. The van der Waals surface area contributed by atoms with Crippen LogP contribution in [0.1, 0.15) is 38.8 Å². The molecule has 9 heteroatoms. The van der Waals surface area contributed by atoms with Gasteiger partial charge in [0.05, 0.1) is 11.8 Å². The molecule has 0 aromatic heterocycles. The number of rotatable bonds is 5. The minimum atomic E-state index is -1.55. The fourth-order valence-electron chi connectivity index (χ4n) is 6.16. The lowest BCUT2D eigenvalue weighted by molar-refractivity contribution is -0.152. The van der Waals surface area contributed by atoms with E-state index in [1.54, 1.807) is 6.92 Å². The molecule has 0 spiro atoms. The van der Waals surface area contributed by atoms with Crippen LogP contribution in [0.3, 0.4) is 0 Å². The number of aliphatic imine (C=N–C) groups is 1. The van der Waals surface area contributed by atoms with Crippen LogP contribution in [0.15, 0.2) is 53.5 Å². The number of fused-ring (bicyclic) bond motifs is 1. The Bertz CT molecular complexity index is 1230. The molecule has 7 unspecified atom stereocenters. The van der Waals surface area contributed by atoms with E-state index in [2.05, 4.69) is 5.32 Å². The van der Waals surface area contributed by atoms with E-state index < -0.39 is 65.1 Å². The predicted octanol–water partition coefficient (Wildman–Crippen LogP) is 3.76. The molecule has 204 valence electrons. The molecule has 2 saturated heterocycles. The summed E-state index contributed by atoms with van der Waals surface area (Å²) in [4.78, 5) is 19.9. The number of halogens is 3. The Labute approximate surface area is 220 Å². The number of amides is 1. The summed E-state index contributed by atoms with van der Waals surface area (Å²) < 4.78 is 50.4. The minimum Gasteiger partial charge on any atom is -0.382 e. The van der Waals surface area contributed by atoms with E-state index in [0.29, 0.717) is 12.1 Å². The molecular formula is C29H34F3N3O3. The molecule has 1 amide bonds. The van der Waals surface area contributed by atoms with Gasteiger partial charge in [-0.15, -0.1) is 0 Å². The Hall–Kier alpha value is -2.75. The number of aliphatic hydroxyl groups excluding tert-OH is 1. The average molecular weight is 530 g/mol. The fraction of sp³-hybridized carbons (Fsp3) is 0.517. The van der Waals surface area contributed by atoms with Gasteiger partial charge in [0.15, 0.2) is 5.72 Å². The summed E-state index contributed by atoms with van der Waals surface area (Å²) >= 11 is 0. The molecule has 3 aliphatic rings. The molecule has 2 fully saturated rings. The first kappa shape index (κ1) is 26.8. The summed E-state index contributed by atoms with van der Waals surface area (Å²) in [5.74, 6) is -2.37. The molecule has 6 nitrogen and oxygen atoms in total. The standard InChI is InChI=1S/C29H34F3N3O3/c1-28(2,3)26(35-15-18-21(32)14-33-23(18)25(36)27(35)37)24-22(12-16-8-6-5-7-9-16)38-29(4,34-24)19-13-17(30)10-11-20(19)31/h5-11,13,18,21-23,25-26,33,36H,12,14-15H2,1-4H3. The van der Waals surface area contributed by atoms with E-state index in [1.807, 2.05) is 51.1 Å². The lowest BCUT2D eigenvalue weighted by Gasteiger charge is -2.47. The number of hydrogen-bond donors (Lipinski definition) is 2. The van der Waals surface area contributed by atoms with Gasteiger partial charge in [-0.3, -0.25) is 9.79 Å². The van der Waals surface area contributed by atoms with Crippen LogP contribution >= 0.6 is 0 Å². The van der Waals surface area contributed by atoms with Crippen molar-refractivity contribution < 1.29 is 27.8 Å². The van der Waals surface area contributed by atoms with Crippen LogP contribution in [0.4, 0.5) is 13.2 Å². The zero-order chi connectivity index (χ0) is 27.4. The SMILES string of the molecule is CC1(c2cc(F)ccc2F)N=C(C(N2CC3C(F)CNC3C(O)C2=O)C(C)(C)C)C(Cc2ccccc2)O1. The third-order valence-corrected chi connectivity index (χ3v) is 7.91. The van der Waals surface area contributed by atoms with Crippen molar-refractivity contribution in [3.63, 3.8) is 0 Å². The van der Waals surface area contributed by atoms with Gasteiger partial charge in [-0.05, 0) is 36.1 Å². The first-order chi connectivity index (χ1) is 17.9. The Morgan fingerprint density at radius 1 is 1.21 bits per heavy atom. The van der Waals surface area contributed by atoms with E-state index in [-0.39, 0.29) is 18.7 Å². The summed E-state index contributed by atoms with van der Waals surface area (Å²) in [7, 11) is 0. The van der Waals surface area contributed by atoms with Gasteiger partial charge in [0.1, 0.15) is 30.0 Å². The number of nitrogens with zero attached hydrogens (tertiary/aromatic N) is 2. The minimum absolute atomic E-state index is 0.0490. The average Bonchev–Trinajstić information content (AvgIpc) is 3.38. The van der Waals surface area contributed by atoms with Gasteiger partial charge in [0.2, 0.25) is 0 Å².